The lowest BCUT2D eigenvalue weighted by Crippen LogP contribution is -2.42. The first-order chi connectivity index (χ1) is 6.36. The van der Waals surface area contributed by atoms with Gasteiger partial charge in [0.2, 0.25) is 0 Å². The molecule has 3 heteroatoms. The molecule has 1 aliphatic rings. The molecular weight excluding hydrogens is 162 g/mol. The van der Waals surface area contributed by atoms with Gasteiger partial charge in [0.25, 0.3) is 0 Å². The van der Waals surface area contributed by atoms with Crippen molar-refractivity contribution in [2.75, 3.05) is 19.6 Å². The van der Waals surface area contributed by atoms with Crippen LogP contribution in [-0.4, -0.2) is 24.6 Å². The SMILES string of the molecule is Cc1cccc(C2CNCCN2)n1. The smallest absolute Gasteiger partial charge is 0.0622 e. The maximum Gasteiger partial charge on any atom is 0.0622 e. The van der Waals surface area contributed by atoms with Crippen molar-refractivity contribution < 1.29 is 0 Å². The Bertz CT molecular complexity index is 279. The van der Waals surface area contributed by atoms with Gasteiger partial charge >= 0.3 is 0 Å². The number of pyridine rings is 1. The van der Waals surface area contributed by atoms with Gasteiger partial charge in [-0.05, 0) is 19.1 Å². The second-order valence-corrected chi connectivity index (χ2v) is 3.41. The van der Waals surface area contributed by atoms with Crippen LogP contribution < -0.4 is 10.6 Å². The van der Waals surface area contributed by atoms with Crippen molar-refractivity contribution in [3.8, 4) is 0 Å². The average molecular weight is 177 g/mol. The lowest BCUT2D eigenvalue weighted by Gasteiger charge is -2.24. The average Bonchev–Trinajstić information content (AvgIpc) is 2.19. The highest BCUT2D eigenvalue weighted by Crippen LogP contribution is 2.10. The van der Waals surface area contributed by atoms with Crippen LogP contribution in [0.1, 0.15) is 17.4 Å². The Morgan fingerprint density at radius 1 is 1.38 bits per heavy atom. The number of rotatable bonds is 1. The lowest BCUT2D eigenvalue weighted by molar-refractivity contribution is 0.423. The van der Waals surface area contributed by atoms with E-state index < -0.39 is 0 Å². The summed E-state index contributed by atoms with van der Waals surface area (Å²) in [6.45, 7) is 5.10. The molecule has 0 amide bonds. The van der Waals surface area contributed by atoms with Crippen LogP contribution in [0.2, 0.25) is 0 Å². The predicted octanol–water partition coefficient (Wildman–Crippen LogP) is 0.624. The highest BCUT2D eigenvalue weighted by molar-refractivity contribution is 5.14. The maximum atomic E-state index is 4.49. The first-order valence-corrected chi connectivity index (χ1v) is 4.74. The summed E-state index contributed by atoms with van der Waals surface area (Å²) in [5, 5.41) is 6.79. The van der Waals surface area contributed by atoms with Crippen LogP contribution in [0.4, 0.5) is 0 Å². The zero-order valence-electron chi connectivity index (χ0n) is 7.88. The Labute approximate surface area is 78.6 Å². The summed E-state index contributed by atoms with van der Waals surface area (Å²) < 4.78 is 0. The van der Waals surface area contributed by atoms with Crippen molar-refractivity contribution in [1.82, 2.24) is 15.6 Å². The molecule has 1 aromatic rings. The number of hydrogen-bond donors (Lipinski definition) is 2. The van der Waals surface area contributed by atoms with E-state index in [1.807, 2.05) is 13.0 Å². The van der Waals surface area contributed by atoms with E-state index >= 15 is 0 Å². The summed E-state index contributed by atoms with van der Waals surface area (Å²) in [5.74, 6) is 0. The molecule has 2 heterocycles. The minimum atomic E-state index is 0.383. The quantitative estimate of drug-likeness (QED) is 0.660. The van der Waals surface area contributed by atoms with E-state index in [-0.39, 0.29) is 0 Å². The Morgan fingerprint density at radius 2 is 2.31 bits per heavy atom. The van der Waals surface area contributed by atoms with Gasteiger partial charge in [0, 0.05) is 25.3 Å². The molecule has 0 aromatic carbocycles. The monoisotopic (exact) mass is 177 g/mol. The summed E-state index contributed by atoms with van der Waals surface area (Å²) in [6, 6.07) is 6.56. The molecule has 70 valence electrons. The third-order valence-corrected chi connectivity index (χ3v) is 2.31. The second kappa shape index (κ2) is 3.85. The summed E-state index contributed by atoms with van der Waals surface area (Å²) in [4.78, 5) is 4.49. The lowest BCUT2D eigenvalue weighted by atomic mass is 10.1. The summed E-state index contributed by atoms with van der Waals surface area (Å²) in [5.41, 5.74) is 2.23. The molecular formula is C10H15N3. The third kappa shape index (κ3) is 2.05. The number of nitrogens with zero attached hydrogens (tertiary/aromatic N) is 1. The molecule has 2 N–H and O–H groups in total. The van der Waals surface area contributed by atoms with E-state index in [1.165, 1.54) is 0 Å². The standard InChI is InChI=1S/C10H15N3/c1-8-3-2-4-9(13-8)10-7-11-5-6-12-10/h2-4,10-12H,5-7H2,1H3. The van der Waals surface area contributed by atoms with Gasteiger partial charge in [0.15, 0.2) is 0 Å². The fourth-order valence-corrected chi connectivity index (χ4v) is 1.62. The number of hydrogen-bond acceptors (Lipinski definition) is 3. The van der Waals surface area contributed by atoms with Gasteiger partial charge < -0.3 is 10.6 Å². The molecule has 3 nitrogen and oxygen atoms in total. The number of aryl methyl sites for hydroxylation is 1. The minimum absolute atomic E-state index is 0.383. The molecule has 0 bridgehead atoms. The van der Waals surface area contributed by atoms with Crippen molar-refractivity contribution in [1.29, 1.82) is 0 Å². The van der Waals surface area contributed by atoms with Gasteiger partial charge in [0.1, 0.15) is 0 Å². The first-order valence-electron chi connectivity index (χ1n) is 4.74. The molecule has 0 saturated carbocycles. The van der Waals surface area contributed by atoms with E-state index in [0.29, 0.717) is 6.04 Å². The van der Waals surface area contributed by atoms with E-state index in [4.69, 9.17) is 0 Å². The Hall–Kier alpha value is -0.930. The third-order valence-electron chi connectivity index (χ3n) is 2.31. The predicted molar refractivity (Wildman–Crippen MR) is 52.6 cm³/mol. The van der Waals surface area contributed by atoms with E-state index in [0.717, 1.165) is 31.0 Å². The van der Waals surface area contributed by atoms with E-state index in [9.17, 15) is 0 Å². The summed E-state index contributed by atoms with van der Waals surface area (Å²) in [6.07, 6.45) is 0. The van der Waals surface area contributed by atoms with Crippen LogP contribution in [0.3, 0.4) is 0 Å². The number of nitrogens with one attached hydrogen (secondary N) is 2. The molecule has 1 unspecified atom stereocenters. The highest BCUT2D eigenvalue weighted by atomic mass is 15.1. The maximum absolute atomic E-state index is 4.49. The van der Waals surface area contributed by atoms with Crippen LogP contribution in [0.5, 0.6) is 0 Å². The van der Waals surface area contributed by atoms with Crippen molar-refractivity contribution in [2.45, 2.75) is 13.0 Å². The largest absolute Gasteiger partial charge is 0.314 e. The van der Waals surface area contributed by atoms with E-state index in [2.05, 4.69) is 27.8 Å². The molecule has 0 radical (unpaired) electrons. The molecule has 2 rings (SSSR count). The Morgan fingerprint density at radius 3 is 3.00 bits per heavy atom. The Balaban J connectivity index is 2.14. The normalized spacial score (nSPS) is 23.0. The van der Waals surface area contributed by atoms with Crippen molar-refractivity contribution >= 4 is 0 Å². The van der Waals surface area contributed by atoms with E-state index in [1.54, 1.807) is 0 Å². The van der Waals surface area contributed by atoms with Crippen LogP contribution in [0, 0.1) is 6.92 Å². The Kier molecular flexibility index (Phi) is 2.57. The molecule has 0 spiro atoms. The second-order valence-electron chi connectivity index (χ2n) is 3.41. The van der Waals surface area contributed by atoms with Gasteiger partial charge in [-0.15, -0.1) is 0 Å². The van der Waals surface area contributed by atoms with Crippen LogP contribution in [0.15, 0.2) is 18.2 Å². The van der Waals surface area contributed by atoms with Gasteiger partial charge in [-0.2, -0.15) is 0 Å². The summed E-state index contributed by atoms with van der Waals surface area (Å²) >= 11 is 0. The van der Waals surface area contributed by atoms with Gasteiger partial charge in [0.05, 0.1) is 11.7 Å². The number of piperazine rings is 1. The highest BCUT2D eigenvalue weighted by Gasteiger charge is 2.14. The van der Waals surface area contributed by atoms with Gasteiger partial charge in [-0.3, -0.25) is 4.98 Å². The molecule has 1 atom stereocenters. The minimum Gasteiger partial charge on any atom is -0.314 e. The fraction of sp³-hybridized carbons (Fsp3) is 0.500. The molecule has 1 aromatic heterocycles. The molecule has 1 saturated heterocycles. The molecule has 13 heavy (non-hydrogen) atoms. The zero-order valence-corrected chi connectivity index (χ0v) is 7.88. The van der Waals surface area contributed by atoms with Crippen LogP contribution in [-0.2, 0) is 0 Å². The van der Waals surface area contributed by atoms with Crippen LogP contribution in [0.25, 0.3) is 0 Å². The van der Waals surface area contributed by atoms with Crippen LogP contribution >= 0.6 is 0 Å². The summed E-state index contributed by atoms with van der Waals surface area (Å²) in [7, 11) is 0. The van der Waals surface area contributed by atoms with Crippen molar-refractivity contribution in [3.63, 3.8) is 0 Å². The molecule has 1 aliphatic heterocycles. The van der Waals surface area contributed by atoms with Crippen molar-refractivity contribution in [3.05, 3.63) is 29.6 Å². The molecule has 0 aliphatic carbocycles. The zero-order chi connectivity index (χ0) is 9.10. The fourth-order valence-electron chi connectivity index (χ4n) is 1.62. The van der Waals surface area contributed by atoms with Crippen molar-refractivity contribution in [2.24, 2.45) is 0 Å². The molecule has 1 fully saturated rings. The van der Waals surface area contributed by atoms with Gasteiger partial charge in [-0.1, -0.05) is 6.07 Å². The van der Waals surface area contributed by atoms with Gasteiger partial charge in [-0.25, -0.2) is 0 Å². The topological polar surface area (TPSA) is 37.0 Å². The first kappa shape index (κ1) is 8.66. The number of aromatic nitrogens is 1.